The van der Waals surface area contributed by atoms with E-state index in [9.17, 15) is 0 Å². The number of ether oxygens (including phenoxy) is 1. The average Bonchev–Trinajstić information content (AvgIpc) is 2.10. The number of nitrogens with zero attached hydrogens (tertiary/aromatic N) is 1. The van der Waals surface area contributed by atoms with Crippen molar-refractivity contribution in [1.82, 2.24) is 4.90 Å². The van der Waals surface area contributed by atoms with Gasteiger partial charge in [0.2, 0.25) is 0 Å². The van der Waals surface area contributed by atoms with Gasteiger partial charge < -0.3 is 9.64 Å². The molecule has 3 heteroatoms. The molecule has 0 aromatic heterocycles. The molecule has 1 atom stereocenters. The first-order valence-corrected chi connectivity index (χ1v) is 5.09. The second-order valence-corrected chi connectivity index (χ2v) is 3.40. The van der Waals surface area contributed by atoms with Crippen LogP contribution < -0.4 is 0 Å². The Hall–Kier alpha value is 0.210. The van der Waals surface area contributed by atoms with Gasteiger partial charge in [-0.05, 0) is 20.4 Å². The molecule has 12 heavy (non-hydrogen) atoms. The van der Waals surface area contributed by atoms with E-state index in [0.29, 0.717) is 11.9 Å². The SMILES string of the molecule is CCCOCCN(C)C(C)CCl. The summed E-state index contributed by atoms with van der Waals surface area (Å²) in [5.74, 6) is 0.685. The van der Waals surface area contributed by atoms with Crippen LogP contribution in [0.25, 0.3) is 0 Å². The van der Waals surface area contributed by atoms with Gasteiger partial charge in [-0.15, -0.1) is 11.6 Å². The predicted octanol–water partition coefficient (Wildman–Crippen LogP) is 1.97. The van der Waals surface area contributed by atoms with Crippen LogP contribution in [0, 0.1) is 0 Å². The zero-order valence-electron chi connectivity index (χ0n) is 8.35. The maximum Gasteiger partial charge on any atom is 0.0593 e. The van der Waals surface area contributed by atoms with Gasteiger partial charge in [0, 0.05) is 25.1 Å². The summed E-state index contributed by atoms with van der Waals surface area (Å²) in [5, 5.41) is 0. The van der Waals surface area contributed by atoms with Crippen molar-refractivity contribution >= 4 is 11.6 Å². The van der Waals surface area contributed by atoms with Crippen molar-refractivity contribution in [3.05, 3.63) is 0 Å². The van der Waals surface area contributed by atoms with Crippen LogP contribution in [0.15, 0.2) is 0 Å². The minimum absolute atomic E-state index is 0.442. The fraction of sp³-hybridized carbons (Fsp3) is 1.00. The van der Waals surface area contributed by atoms with E-state index in [-0.39, 0.29) is 0 Å². The molecule has 74 valence electrons. The zero-order valence-corrected chi connectivity index (χ0v) is 9.10. The molecule has 0 aromatic rings. The van der Waals surface area contributed by atoms with Crippen molar-refractivity contribution < 1.29 is 4.74 Å². The highest BCUT2D eigenvalue weighted by Gasteiger charge is 2.05. The van der Waals surface area contributed by atoms with E-state index in [1.165, 1.54) is 0 Å². The van der Waals surface area contributed by atoms with Gasteiger partial charge in [-0.1, -0.05) is 6.92 Å². The summed E-state index contributed by atoms with van der Waals surface area (Å²) in [5.41, 5.74) is 0. The summed E-state index contributed by atoms with van der Waals surface area (Å²) in [4.78, 5) is 2.21. The molecule has 0 saturated heterocycles. The number of likely N-dealkylation sites (N-methyl/N-ethyl adjacent to an activating group) is 1. The van der Waals surface area contributed by atoms with Gasteiger partial charge in [0.05, 0.1) is 6.61 Å². The molecule has 0 rings (SSSR count). The van der Waals surface area contributed by atoms with Crippen molar-refractivity contribution in [2.45, 2.75) is 26.3 Å². The van der Waals surface area contributed by atoms with Gasteiger partial charge >= 0.3 is 0 Å². The maximum atomic E-state index is 5.70. The Bertz CT molecular complexity index is 101. The average molecular weight is 194 g/mol. The van der Waals surface area contributed by atoms with Gasteiger partial charge in [0.15, 0.2) is 0 Å². The Labute approximate surface area is 80.8 Å². The molecule has 0 bridgehead atoms. The normalized spacial score (nSPS) is 13.8. The van der Waals surface area contributed by atoms with E-state index in [1.54, 1.807) is 0 Å². The monoisotopic (exact) mass is 193 g/mol. The largest absolute Gasteiger partial charge is 0.380 e. The van der Waals surface area contributed by atoms with E-state index in [2.05, 4.69) is 25.8 Å². The van der Waals surface area contributed by atoms with E-state index >= 15 is 0 Å². The molecule has 0 radical (unpaired) electrons. The van der Waals surface area contributed by atoms with Crippen molar-refractivity contribution in [1.29, 1.82) is 0 Å². The third-order valence-electron chi connectivity index (χ3n) is 1.91. The highest BCUT2D eigenvalue weighted by Crippen LogP contribution is 1.97. The van der Waals surface area contributed by atoms with E-state index in [1.807, 2.05) is 0 Å². The summed E-state index contributed by atoms with van der Waals surface area (Å²) in [6.07, 6.45) is 1.09. The van der Waals surface area contributed by atoms with Gasteiger partial charge in [0.1, 0.15) is 0 Å². The van der Waals surface area contributed by atoms with Gasteiger partial charge in [-0.3, -0.25) is 0 Å². The van der Waals surface area contributed by atoms with Crippen molar-refractivity contribution in [3.8, 4) is 0 Å². The molecular weight excluding hydrogens is 174 g/mol. The first-order valence-electron chi connectivity index (χ1n) is 4.56. The molecule has 0 fully saturated rings. The Morgan fingerprint density at radius 1 is 1.42 bits per heavy atom. The van der Waals surface area contributed by atoms with Gasteiger partial charge in [-0.25, -0.2) is 0 Å². The first-order chi connectivity index (χ1) is 5.72. The highest BCUT2D eigenvalue weighted by atomic mass is 35.5. The molecular formula is C9H20ClNO. The Balaban J connectivity index is 3.24. The summed E-state index contributed by atoms with van der Waals surface area (Å²) >= 11 is 5.70. The Kier molecular flexibility index (Phi) is 7.98. The quantitative estimate of drug-likeness (QED) is 0.453. The lowest BCUT2D eigenvalue weighted by molar-refractivity contribution is 0.104. The van der Waals surface area contributed by atoms with Crippen LogP contribution in [0.4, 0.5) is 0 Å². The molecule has 0 aliphatic carbocycles. The van der Waals surface area contributed by atoms with Crippen LogP contribution in [-0.4, -0.2) is 43.6 Å². The van der Waals surface area contributed by atoms with E-state index in [4.69, 9.17) is 16.3 Å². The van der Waals surface area contributed by atoms with Crippen LogP contribution in [0.3, 0.4) is 0 Å². The second kappa shape index (κ2) is 7.84. The van der Waals surface area contributed by atoms with Crippen LogP contribution in [-0.2, 0) is 4.74 Å². The third-order valence-corrected chi connectivity index (χ3v) is 2.36. The molecule has 0 spiro atoms. The Morgan fingerprint density at radius 3 is 2.58 bits per heavy atom. The number of hydrogen-bond acceptors (Lipinski definition) is 2. The predicted molar refractivity (Wildman–Crippen MR) is 53.9 cm³/mol. The standard InChI is InChI=1S/C9H20ClNO/c1-4-6-12-7-5-11(3)9(2)8-10/h9H,4-8H2,1-3H3. The topological polar surface area (TPSA) is 12.5 Å². The van der Waals surface area contributed by atoms with Crippen molar-refractivity contribution in [3.63, 3.8) is 0 Å². The van der Waals surface area contributed by atoms with E-state index < -0.39 is 0 Å². The summed E-state index contributed by atoms with van der Waals surface area (Å²) in [7, 11) is 2.07. The van der Waals surface area contributed by atoms with Crippen molar-refractivity contribution in [2.24, 2.45) is 0 Å². The zero-order chi connectivity index (χ0) is 9.40. The molecule has 0 heterocycles. The molecule has 0 aromatic carbocycles. The first kappa shape index (κ1) is 12.2. The third kappa shape index (κ3) is 5.81. The number of alkyl halides is 1. The summed E-state index contributed by atoms with van der Waals surface area (Å²) < 4.78 is 5.36. The summed E-state index contributed by atoms with van der Waals surface area (Å²) in [6.45, 7) is 6.88. The van der Waals surface area contributed by atoms with Crippen molar-refractivity contribution in [2.75, 3.05) is 32.7 Å². The van der Waals surface area contributed by atoms with Crippen LogP contribution in [0.1, 0.15) is 20.3 Å². The lowest BCUT2D eigenvalue weighted by Crippen LogP contribution is -2.33. The minimum atomic E-state index is 0.442. The van der Waals surface area contributed by atoms with Crippen LogP contribution >= 0.6 is 11.6 Å². The minimum Gasteiger partial charge on any atom is -0.380 e. The number of hydrogen-bond donors (Lipinski definition) is 0. The van der Waals surface area contributed by atoms with Crippen LogP contribution in [0.2, 0.25) is 0 Å². The summed E-state index contributed by atoms with van der Waals surface area (Å²) in [6, 6.07) is 0.442. The smallest absolute Gasteiger partial charge is 0.0593 e. The van der Waals surface area contributed by atoms with Gasteiger partial charge in [0.25, 0.3) is 0 Å². The Morgan fingerprint density at radius 2 is 2.08 bits per heavy atom. The maximum absolute atomic E-state index is 5.70. The van der Waals surface area contributed by atoms with Crippen LogP contribution in [0.5, 0.6) is 0 Å². The molecule has 0 N–H and O–H groups in total. The molecule has 1 unspecified atom stereocenters. The lowest BCUT2D eigenvalue weighted by Gasteiger charge is -2.22. The van der Waals surface area contributed by atoms with Gasteiger partial charge in [-0.2, -0.15) is 0 Å². The lowest BCUT2D eigenvalue weighted by atomic mass is 10.3. The second-order valence-electron chi connectivity index (χ2n) is 3.10. The molecule has 0 aliphatic heterocycles. The number of halogens is 1. The molecule has 0 aliphatic rings. The number of rotatable bonds is 7. The highest BCUT2D eigenvalue weighted by molar-refractivity contribution is 6.18. The fourth-order valence-electron chi connectivity index (χ4n) is 0.793. The fourth-order valence-corrected chi connectivity index (χ4v) is 1.03. The molecule has 0 amide bonds. The molecule has 2 nitrogen and oxygen atoms in total. The molecule has 0 saturated carbocycles. The van der Waals surface area contributed by atoms with E-state index in [0.717, 1.165) is 26.2 Å².